The summed E-state index contributed by atoms with van der Waals surface area (Å²) in [6.07, 6.45) is 2.00. The van der Waals surface area contributed by atoms with Crippen molar-refractivity contribution in [1.29, 1.82) is 0 Å². The molecule has 1 unspecified atom stereocenters. The molecule has 2 heterocycles. The van der Waals surface area contributed by atoms with Gasteiger partial charge in [0.15, 0.2) is 0 Å². The van der Waals surface area contributed by atoms with E-state index in [-0.39, 0.29) is 6.04 Å². The monoisotopic (exact) mass is 175 g/mol. The molecule has 0 radical (unpaired) electrons. The Morgan fingerprint density at radius 3 is 2.85 bits per heavy atom. The lowest BCUT2D eigenvalue weighted by molar-refractivity contribution is 0.780. The van der Waals surface area contributed by atoms with Gasteiger partial charge in [0.25, 0.3) is 0 Å². The van der Waals surface area contributed by atoms with Crippen molar-refractivity contribution in [2.24, 2.45) is 5.73 Å². The maximum atomic E-state index is 5.80. The summed E-state index contributed by atoms with van der Waals surface area (Å²) in [5.41, 5.74) is 8.88. The van der Waals surface area contributed by atoms with Gasteiger partial charge in [-0.1, -0.05) is 6.07 Å². The van der Waals surface area contributed by atoms with Crippen LogP contribution in [0.15, 0.2) is 24.4 Å². The Kier molecular flexibility index (Phi) is 1.81. The van der Waals surface area contributed by atoms with E-state index in [4.69, 9.17) is 5.73 Å². The molecule has 0 aliphatic heterocycles. The second-order valence-corrected chi connectivity index (χ2v) is 3.30. The third kappa shape index (κ3) is 1.21. The van der Waals surface area contributed by atoms with Gasteiger partial charge in [-0.25, -0.2) is 4.98 Å². The van der Waals surface area contributed by atoms with Crippen molar-refractivity contribution in [2.75, 3.05) is 0 Å². The molecule has 2 aromatic heterocycles. The first-order valence-corrected chi connectivity index (χ1v) is 4.39. The topological polar surface area (TPSA) is 43.3 Å². The molecular formula is C10H13N3. The number of rotatable bonds is 1. The molecule has 0 aliphatic rings. The molecule has 2 N–H and O–H groups in total. The number of nitrogens with zero attached hydrogens (tertiary/aromatic N) is 2. The lowest BCUT2D eigenvalue weighted by Crippen LogP contribution is -2.07. The summed E-state index contributed by atoms with van der Waals surface area (Å²) in [6.45, 7) is 3.99. The number of aryl methyl sites for hydroxylation is 1. The fourth-order valence-electron chi connectivity index (χ4n) is 1.57. The molecule has 2 rings (SSSR count). The average molecular weight is 175 g/mol. The van der Waals surface area contributed by atoms with E-state index in [2.05, 4.69) is 9.38 Å². The molecule has 3 heteroatoms. The molecule has 13 heavy (non-hydrogen) atoms. The zero-order valence-electron chi connectivity index (χ0n) is 7.86. The van der Waals surface area contributed by atoms with Gasteiger partial charge in [0, 0.05) is 17.9 Å². The fourth-order valence-corrected chi connectivity index (χ4v) is 1.57. The van der Waals surface area contributed by atoms with Crippen molar-refractivity contribution in [3.8, 4) is 0 Å². The van der Waals surface area contributed by atoms with Crippen LogP contribution in [-0.2, 0) is 0 Å². The highest BCUT2D eigenvalue weighted by atomic mass is 15.0. The second-order valence-electron chi connectivity index (χ2n) is 3.30. The summed E-state index contributed by atoms with van der Waals surface area (Å²) in [4.78, 5) is 4.45. The van der Waals surface area contributed by atoms with Gasteiger partial charge in [-0.3, -0.25) is 0 Å². The van der Waals surface area contributed by atoms with Crippen LogP contribution in [-0.4, -0.2) is 9.38 Å². The standard InChI is InChI=1S/C10H13N3/c1-7(11)10-8(2)13-6-4-3-5-9(13)12-10/h3-7H,11H2,1-2H3. The largest absolute Gasteiger partial charge is 0.323 e. The van der Waals surface area contributed by atoms with Gasteiger partial charge in [0.1, 0.15) is 5.65 Å². The SMILES string of the molecule is Cc1c(C(C)N)nc2ccccn12. The summed E-state index contributed by atoms with van der Waals surface area (Å²) in [7, 11) is 0. The molecule has 1 atom stereocenters. The summed E-state index contributed by atoms with van der Waals surface area (Å²) >= 11 is 0. The van der Waals surface area contributed by atoms with Gasteiger partial charge in [0.2, 0.25) is 0 Å². The Balaban J connectivity index is 2.74. The van der Waals surface area contributed by atoms with E-state index in [9.17, 15) is 0 Å². The van der Waals surface area contributed by atoms with E-state index >= 15 is 0 Å². The van der Waals surface area contributed by atoms with Crippen LogP contribution >= 0.6 is 0 Å². The number of pyridine rings is 1. The van der Waals surface area contributed by atoms with E-state index in [0.717, 1.165) is 17.0 Å². The lowest BCUT2D eigenvalue weighted by Gasteiger charge is -2.01. The normalized spacial score (nSPS) is 13.5. The highest BCUT2D eigenvalue weighted by molar-refractivity contribution is 5.43. The van der Waals surface area contributed by atoms with E-state index in [1.54, 1.807) is 0 Å². The molecular weight excluding hydrogens is 162 g/mol. The molecule has 0 amide bonds. The number of fused-ring (bicyclic) bond motifs is 1. The zero-order valence-corrected chi connectivity index (χ0v) is 7.86. The van der Waals surface area contributed by atoms with E-state index in [1.807, 2.05) is 38.2 Å². The van der Waals surface area contributed by atoms with Crippen LogP contribution < -0.4 is 5.73 Å². The summed E-state index contributed by atoms with van der Waals surface area (Å²) in [5.74, 6) is 0. The van der Waals surface area contributed by atoms with E-state index in [1.165, 1.54) is 0 Å². The summed E-state index contributed by atoms with van der Waals surface area (Å²) in [6, 6.07) is 5.96. The maximum absolute atomic E-state index is 5.80. The molecule has 68 valence electrons. The first-order chi connectivity index (χ1) is 6.20. The van der Waals surface area contributed by atoms with Crippen molar-refractivity contribution in [1.82, 2.24) is 9.38 Å². The van der Waals surface area contributed by atoms with Crippen molar-refractivity contribution in [3.63, 3.8) is 0 Å². The first kappa shape index (κ1) is 8.26. The van der Waals surface area contributed by atoms with Crippen molar-refractivity contribution < 1.29 is 0 Å². The maximum Gasteiger partial charge on any atom is 0.137 e. The third-order valence-corrected chi connectivity index (χ3v) is 2.24. The van der Waals surface area contributed by atoms with Crippen LogP contribution in [0.3, 0.4) is 0 Å². The van der Waals surface area contributed by atoms with Gasteiger partial charge >= 0.3 is 0 Å². The molecule has 0 bridgehead atoms. The fraction of sp³-hybridized carbons (Fsp3) is 0.300. The second kappa shape index (κ2) is 2.85. The number of hydrogen-bond acceptors (Lipinski definition) is 2. The van der Waals surface area contributed by atoms with Crippen LogP contribution in [0.4, 0.5) is 0 Å². The minimum absolute atomic E-state index is 0.0000926. The number of nitrogens with two attached hydrogens (primary N) is 1. The average Bonchev–Trinajstić information content (AvgIpc) is 2.45. The Labute approximate surface area is 77.2 Å². The molecule has 0 spiro atoms. The predicted octanol–water partition coefficient (Wildman–Crippen LogP) is 1.66. The molecule has 0 saturated carbocycles. The molecule has 2 aromatic rings. The van der Waals surface area contributed by atoms with Gasteiger partial charge in [-0.05, 0) is 26.0 Å². The molecule has 0 aliphatic carbocycles. The van der Waals surface area contributed by atoms with Crippen LogP contribution in [0.1, 0.15) is 24.4 Å². The summed E-state index contributed by atoms with van der Waals surface area (Å²) in [5, 5.41) is 0. The quantitative estimate of drug-likeness (QED) is 0.716. The molecule has 0 saturated heterocycles. The van der Waals surface area contributed by atoms with Gasteiger partial charge < -0.3 is 10.1 Å². The Hall–Kier alpha value is -1.35. The minimum atomic E-state index is -0.0000926. The smallest absolute Gasteiger partial charge is 0.137 e. The highest BCUT2D eigenvalue weighted by Crippen LogP contribution is 2.16. The zero-order chi connectivity index (χ0) is 9.42. The van der Waals surface area contributed by atoms with Gasteiger partial charge in [-0.2, -0.15) is 0 Å². The lowest BCUT2D eigenvalue weighted by atomic mass is 10.2. The van der Waals surface area contributed by atoms with Crippen molar-refractivity contribution in [3.05, 3.63) is 35.8 Å². The van der Waals surface area contributed by atoms with E-state index in [0.29, 0.717) is 0 Å². The van der Waals surface area contributed by atoms with Crippen LogP contribution in [0.2, 0.25) is 0 Å². The minimum Gasteiger partial charge on any atom is -0.323 e. The number of imidazole rings is 1. The highest BCUT2D eigenvalue weighted by Gasteiger charge is 2.10. The predicted molar refractivity (Wildman–Crippen MR) is 52.5 cm³/mol. The molecule has 0 fully saturated rings. The Morgan fingerprint density at radius 1 is 1.46 bits per heavy atom. The van der Waals surface area contributed by atoms with E-state index < -0.39 is 0 Å². The molecule has 3 nitrogen and oxygen atoms in total. The Bertz CT molecular complexity index is 429. The molecule has 0 aromatic carbocycles. The number of aromatic nitrogens is 2. The Morgan fingerprint density at radius 2 is 2.23 bits per heavy atom. The van der Waals surface area contributed by atoms with Gasteiger partial charge in [0.05, 0.1) is 5.69 Å². The first-order valence-electron chi connectivity index (χ1n) is 4.39. The van der Waals surface area contributed by atoms with Crippen molar-refractivity contribution in [2.45, 2.75) is 19.9 Å². The van der Waals surface area contributed by atoms with Crippen LogP contribution in [0.25, 0.3) is 5.65 Å². The number of hydrogen-bond donors (Lipinski definition) is 1. The van der Waals surface area contributed by atoms with Gasteiger partial charge in [-0.15, -0.1) is 0 Å². The van der Waals surface area contributed by atoms with Crippen LogP contribution in [0, 0.1) is 6.92 Å². The van der Waals surface area contributed by atoms with Crippen molar-refractivity contribution >= 4 is 5.65 Å². The summed E-state index contributed by atoms with van der Waals surface area (Å²) < 4.78 is 2.05. The third-order valence-electron chi connectivity index (χ3n) is 2.24. The van der Waals surface area contributed by atoms with Crippen LogP contribution in [0.5, 0.6) is 0 Å².